The molecule has 5 heteroatoms. The van der Waals surface area contributed by atoms with Crippen LogP contribution in [0.2, 0.25) is 0 Å². The summed E-state index contributed by atoms with van der Waals surface area (Å²) < 4.78 is 0.864. The van der Waals surface area contributed by atoms with Gasteiger partial charge in [-0.2, -0.15) is 0 Å². The SMILES string of the molecule is CC(Nc1ccccc1Br)C(=O)O.Cl. The van der Waals surface area contributed by atoms with Gasteiger partial charge in [-0.3, -0.25) is 4.79 Å². The number of carboxylic acids is 1. The number of carboxylic acid groups (broad SMARTS) is 1. The van der Waals surface area contributed by atoms with Crippen LogP contribution in [-0.4, -0.2) is 17.1 Å². The van der Waals surface area contributed by atoms with E-state index in [2.05, 4.69) is 21.2 Å². The van der Waals surface area contributed by atoms with Crippen molar-refractivity contribution in [1.82, 2.24) is 0 Å². The minimum atomic E-state index is -0.865. The molecule has 0 fully saturated rings. The highest BCUT2D eigenvalue weighted by Crippen LogP contribution is 2.21. The molecule has 0 aromatic heterocycles. The topological polar surface area (TPSA) is 49.3 Å². The normalized spacial score (nSPS) is 11.3. The van der Waals surface area contributed by atoms with Gasteiger partial charge in [0.25, 0.3) is 0 Å². The van der Waals surface area contributed by atoms with E-state index >= 15 is 0 Å². The summed E-state index contributed by atoms with van der Waals surface area (Å²) in [6.45, 7) is 1.60. The van der Waals surface area contributed by atoms with E-state index in [-0.39, 0.29) is 12.4 Å². The van der Waals surface area contributed by atoms with Gasteiger partial charge >= 0.3 is 5.97 Å². The predicted molar refractivity (Wildman–Crippen MR) is 62.1 cm³/mol. The second-order valence-corrected chi connectivity index (χ2v) is 3.54. The van der Waals surface area contributed by atoms with Gasteiger partial charge in [0.05, 0.1) is 0 Å². The number of rotatable bonds is 3. The first-order chi connectivity index (χ1) is 6.11. The van der Waals surface area contributed by atoms with Crippen molar-refractivity contribution >= 4 is 40.0 Å². The van der Waals surface area contributed by atoms with E-state index < -0.39 is 12.0 Å². The fourth-order valence-electron chi connectivity index (χ4n) is 0.873. The van der Waals surface area contributed by atoms with Crippen molar-refractivity contribution in [3.05, 3.63) is 28.7 Å². The molecule has 78 valence electrons. The van der Waals surface area contributed by atoms with Crippen molar-refractivity contribution in [2.75, 3.05) is 5.32 Å². The lowest BCUT2D eigenvalue weighted by atomic mass is 10.3. The first kappa shape index (κ1) is 13.3. The number of anilines is 1. The van der Waals surface area contributed by atoms with Gasteiger partial charge in [-0.1, -0.05) is 12.1 Å². The van der Waals surface area contributed by atoms with E-state index in [9.17, 15) is 4.79 Å². The summed E-state index contributed by atoms with van der Waals surface area (Å²) in [5.41, 5.74) is 0.789. The highest BCUT2D eigenvalue weighted by atomic mass is 79.9. The molecule has 0 aliphatic rings. The fraction of sp³-hybridized carbons (Fsp3) is 0.222. The molecule has 0 saturated carbocycles. The predicted octanol–water partition coefficient (Wildman–Crippen LogP) is 2.76. The number of para-hydroxylation sites is 1. The zero-order valence-corrected chi connectivity index (χ0v) is 9.93. The van der Waals surface area contributed by atoms with Crippen LogP contribution < -0.4 is 5.32 Å². The molecule has 0 amide bonds. The fourth-order valence-corrected chi connectivity index (χ4v) is 1.27. The maximum atomic E-state index is 10.5. The van der Waals surface area contributed by atoms with Gasteiger partial charge in [-0.15, -0.1) is 12.4 Å². The van der Waals surface area contributed by atoms with Gasteiger partial charge in [0.2, 0.25) is 0 Å². The van der Waals surface area contributed by atoms with Crippen molar-refractivity contribution in [3.8, 4) is 0 Å². The van der Waals surface area contributed by atoms with Crippen LogP contribution in [0, 0.1) is 0 Å². The molecule has 1 aromatic rings. The van der Waals surface area contributed by atoms with Gasteiger partial charge in [0, 0.05) is 10.2 Å². The Morgan fingerprint density at radius 3 is 2.57 bits per heavy atom. The van der Waals surface area contributed by atoms with Crippen molar-refractivity contribution in [2.24, 2.45) is 0 Å². The third kappa shape index (κ3) is 3.55. The average molecular weight is 281 g/mol. The molecular weight excluding hydrogens is 269 g/mol. The first-order valence-electron chi connectivity index (χ1n) is 3.85. The highest BCUT2D eigenvalue weighted by Gasteiger charge is 2.10. The van der Waals surface area contributed by atoms with E-state index in [1.165, 1.54) is 0 Å². The molecule has 0 aliphatic heterocycles. The van der Waals surface area contributed by atoms with Crippen LogP contribution in [0.15, 0.2) is 28.7 Å². The van der Waals surface area contributed by atoms with E-state index in [1.807, 2.05) is 24.3 Å². The van der Waals surface area contributed by atoms with Gasteiger partial charge < -0.3 is 10.4 Å². The molecule has 0 spiro atoms. The Labute approximate surface area is 97.1 Å². The molecule has 1 aromatic carbocycles. The molecule has 0 aliphatic carbocycles. The standard InChI is InChI=1S/C9H10BrNO2.ClH/c1-6(9(12)13)11-8-5-3-2-4-7(8)10;/h2-6,11H,1H3,(H,12,13);1H. The van der Waals surface area contributed by atoms with Crippen molar-refractivity contribution < 1.29 is 9.90 Å². The highest BCUT2D eigenvalue weighted by molar-refractivity contribution is 9.10. The van der Waals surface area contributed by atoms with Gasteiger partial charge in [-0.25, -0.2) is 0 Å². The smallest absolute Gasteiger partial charge is 0.325 e. The third-order valence-electron chi connectivity index (χ3n) is 1.62. The Kier molecular flexibility index (Phi) is 5.57. The first-order valence-corrected chi connectivity index (χ1v) is 4.64. The average Bonchev–Trinajstić information content (AvgIpc) is 2.08. The maximum Gasteiger partial charge on any atom is 0.325 e. The molecule has 0 radical (unpaired) electrons. The number of aliphatic carboxylic acids is 1. The molecule has 0 bridgehead atoms. The van der Waals surface area contributed by atoms with Crippen LogP contribution >= 0.6 is 28.3 Å². The Bertz CT molecular complexity index is 319. The summed E-state index contributed by atoms with van der Waals surface area (Å²) >= 11 is 3.32. The largest absolute Gasteiger partial charge is 0.480 e. The summed E-state index contributed by atoms with van der Waals surface area (Å²) in [4.78, 5) is 10.5. The van der Waals surface area contributed by atoms with Gasteiger partial charge in [0.1, 0.15) is 6.04 Å². The Morgan fingerprint density at radius 2 is 2.07 bits per heavy atom. The van der Waals surface area contributed by atoms with Crippen LogP contribution in [0.5, 0.6) is 0 Å². The molecule has 2 N–H and O–H groups in total. The van der Waals surface area contributed by atoms with Crippen LogP contribution in [0.25, 0.3) is 0 Å². The van der Waals surface area contributed by atoms with Crippen molar-refractivity contribution in [2.45, 2.75) is 13.0 Å². The summed E-state index contributed by atoms with van der Waals surface area (Å²) in [6, 6.07) is 6.82. The maximum absolute atomic E-state index is 10.5. The Balaban J connectivity index is 0.00000169. The number of hydrogen-bond acceptors (Lipinski definition) is 2. The van der Waals surface area contributed by atoms with Crippen LogP contribution in [-0.2, 0) is 4.79 Å². The van der Waals surface area contributed by atoms with Gasteiger partial charge in [-0.05, 0) is 35.0 Å². The summed E-state index contributed by atoms with van der Waals surface area (Å²) in [7, 11) is 0. The number of halogens is 2. The van der Waals surface area contributed by atoms with E-state index in [1.54, 1.807) is 6.92 Å². The van der Waals surface area contributed by atoms with E-state index in [0.29, 0.717) is 0 Å². The Hall–Kier alpha value is -0.740. The van der Waals surface area contributed by atoms with Crippen molar-refractivity contribution in [3.63, 3.8) is 0 Å². The number of carbonyl (C=O) groups is 1. The van der Waals surface area contributed by atoms with Crippen LogP contribution in [0.4, 0.5) is 5.69 Å². The second-order valence-electron chi connectivity index (χ2n) is 2.68. The van der Waals surface area contributed by atoms with E-state index in [0.717, 1.165) is 10.2 Å². The molecule has 3 nitrogen and oxygen atoms in total. The summed E-state index contributed by atoms with van der Waals surface area (Å²) in [5.74, 6) is -0.865. The Morgan fingerprint density at radius 1 is 1.50 bits per heavy atom. The quantitative estimate of drug-likeness (QED) is 0.895. The lowest BCUT2D eigenvalue weighted by molar-refractivity contribution is -0.137. The van der Waals surface area contributed by atoms with Crippen molar-refractivity contribution in [1.29, 1.82) is 0 Å². The zero-order chi connectivity index (χ0) is 9.84. The van der Waals surface area contributed by atoms with Crippen LogP contribution in [0.3, 0.4) is 0 Å². The number of nitrogens with one attached hydrogen (secondary N) is 1. The minimum absolute atomic E-state index is 0. The second kappa shape index (κ2) is 5.88. The molecule has 1 rings (SSSR count). The number of hydrogen-bond donors (Lipinski definition) is 2. The summed E-state index contributed by atoms with van der Waals surface area (Å²) in [6.07, 6.45) is 0. The zero-order valence-electron chi connectivity index (χ0n) is 7.53. The molecular formula is C9H11BrClNO2. The lowest BCUT2D eigenvalue weighted by Crippen LogP contribution is -2.25. The molecule has 0 heterocycles. The van der Waals surface area contributed by atoms with Gasteiger partial charge in [0.15, 0.2) is 0 Å². The molecule has 1 atom stereocenters. The third-order valence-corrected chi connectivity index (χ3v) is 2.31. The van der Waals surface area contributed by atoms with E-state index in [4.69, 9.17) is 5.11 Å². The molecule has 1 unspecified atom stereocenters. The minimum Gasteiger partial charge on any atom is -0.480 e. The monoisotopic (exact) mass is 279 g/mol. The molecule has 0 saturated heterocycles. The number of benzene rings is 1. The van der Waals surface area contributed by atoms with Crippen LogP contribution in [0.1, 0.15) is 6.92 Å². The summed E-state index contributed by atoms with van der Waals surface area (Å²) in [5, 5.41) is 11.5. The molecule has 14 heavy (non-hydrogen) atoms. The lowest BCUT2D eigenvalue weighted by Gasteiger charge is -2.11.